The highest BCUT2D eigenvalue weighted by atomic mass is 35.5. The lowest BCUT2D eigenvalue weighted by atomic mass is 10.2. The van der Waals surface area contributed by atoms with E-state index in [1.165, 1.54) is 23.9 Å². The molecule has 1 aromatic carbocycles. The third-order valence-corrected chi connectivity index (χ3v) is 5.32. The fourth-order valence-corrected chi connectivity index (χ4v) is 3.44. The van der Waals surface area contributed by atoms with Crippen LogP contribution in [0.25, 0.3) is 0 Å². The number of rotatable bonds is 6. The van der Waals surface area contributed by atoms with E-state index in [-0.39, 0.29) is 23.3 Å². The summed E-state index contributed by atoms with van der Waals surface area (Å²) in [5.74, 6) is -1.02. The average molecular weight is 456 g/mol. The van der Waals surface area contributed by atoms with Crippen LogP contribution in [-0.2, 0) is 17.5 Å². The summed E-state index contributed by atoms with van der Waals surface area (Å²) in [7, 11) is 0. The molecule has 1 aliphatic carbocycles. The van der Waals surface area contributed by atoms with Crippen molar-refractivity contribution >= 4 is 23.3 Å². The van der Waals surface area contributed by atoms with E-state index >= 15 is 0 Å². The molecule has 6 nitrogen and oxygen atoms in total. The minimum Gasteiger partial charge on any atom is -0.306 e. The molecule has 0 spiro atoms. The van der Waals surface area contributed by atoms with E-state index in [1.807, 2.05) is 0 Å². The number of nitrogens with one attached hydrogen (secondary N) is 1. The fraction of sp³-hybridized carbons (Fsp3) is 0.350. The molecular weight excluding hydrogens is 438 g/mol. The molecule has 4 rings (SSSR count). The van der Waals surface area contributed by atoms with Gasteiger partial charge in [-0.15, -0.1) is 0 Å². The Kier molecular flexibility index (Phi) is 5.50. The molecule has 0 bridgehead atoms. The lowest BCUT2D eigenvalue weighted by molar-refractivity contribution is -0.141. The summed E-state index contributed by atoms with van der Waals surface area (Å²) in [5, 5.41) is 10.4. The molecule has 1 N–H and O–H groups in total. The first-order valence-corrected chi connectivity index (χ1v) is 9.95. The van der Waals surface area contributed by atoms with Crippen molar-refractivity contribution < 1.29 is 22.4 Å². The predicted molar refractivity (Wildman–Crippen MR) is 105 cm³/mol. The summed E-state index contributed by atoms with van der Waals surface area (Å²) in [6.07, 6.45) is -1.66. The van der Waals surface area contributed by atoms with Crippen LogP contribution >= 0.6 is 11.6 Å². The van der Waals surface area contributed by atoms with Crippen molar-refractivity contribution in [2.75, 3.05) is 5.32 Å². The second-order valence-corrected chi connectivity index (χ2v) is 7.86. The minimum absolute atomic E-state index is 0.0334. The van der Waals surface area contributed by atoms with Crippen molar-refractivity contribution in [2.45, 2.75) is 44.4 Å². The zero-order valence-corrected chi connectivity index (χ0v) is 17.1. The van der Waals surface area contributed by atoms with Crippen LogP contribution in [0.5, 0.6) is 0 Å². The second kappa shape index (κ2) is 7.99. The molecule has 1 amide bonds. The summed E-state index contributed by atoms with van der Waals surface area (Å²) in [6.45, 7) is 1.55. The van der Waals surface area contributed by atoms with Gasteiger partial charge in [0.2, 0.25) is 5.91 Å². The molecule has 164 valence electrons. The summed E-state index contributed by atoms with van der Waals surface area (Å²) in [4.78, 5) is 12.7. The van der Waals surface area contributed by atoms with E-state index in [2.05, 4.69) is 15.5 Å². The summed E-state index contributed by atoms with van der Waals surface area (Å²) in [6, 6.07) is 6.15. The van der Waals surface area contributed by atoms with Crippen LogP contribution in [0.4, 0.5) is 23.4 Å². The van der Waals surface area contributed by atoms with Gasteiger partial charge >= 0.3 is 6.18 Å². The van der Waals surface area contributed by atoms with E-state index in [0.29, 0.717) is 11.3 Å². The van der Waals surface area contributed by atoms with Crippen LogP contribution in [0, 0.1) is 5.82 Å². The maximum absolute atomic E-state index is 13.8. The molecule has 11 heteroatoms. The Bertz CT molecular complexity index is 1120. The normalized spacial score (nSPS) is 15.2. The molecule has 31 heavy (non-hydrogen) atoms. The smallest absolute Gasteiger partial charge is 0.306 e. The first kappa shape index (κ1) is 21.4. The van der Waals surface area contributed by atoms with E-state index < -0.39 is 29.6 Å². The molecule has 1 aliphatic rings. The Morgan fingerprint density at radius 2 is 2.00 bits per heavy atom. The van der Waals surface area contributed by atoms with Crippen molar-refractivity contribution in [1.29, 1.82) is 0 Å². The first-order chi connectivity index (χ1) is 14.6. The molecule has 0 radical (unpaired) electrons. The van der Waals surface area contributed by atoms with Gasteiger partial charge in [0.15, 0.2) is 11.5 Å². The van der Waals surface area contributed by atoms with Crippen LogP contribution in [0.3, 0.4) is 0 Å². The van der Waals surface area contributed by atoms with Gasteiger partial charge in [-0.3, -0.25) is 14.2 Å². The minimum atomic E-state index is -4.60. The molecule has 2 aromatic heterocycles. The van der Waals surface area contributed by atoms with Gasteiger partial charge in [0.1, 0.15) is 16.9 Å². The van der Waals surface area contributed by atoms with Crippen LogP contribution in [-0.4, -0.2) is 25.5 Å². The topological polar surface area (TPSA) is 64.7 Å². The maximum atomic E-state index is 13.8. The number of hydrogen-bond donors (Lipinski definition) is 1. The highest BCUT2D eigenvalue weighted by molar-refractivity contribution is 6.33. The van der Waals surface area contributed by atoms with Crippen molar-refractivity contribution in [2.24, 2.45) is 0 Å². The van der Waals surface area contributed by atoms with Crippen molar-refractivity contribution in [3.8, 4) is 0 Å². The van der Waals surface area contributed by atoms with Gasteiger partial charge in [-0.1, -0.05) is 29.8 Å². The number of carbonyl (C=O) groups is 1. The van der Waals surface area contributed by atoms with E-state index in [4.69, 9.17) is 11.6 Å². The molecule has 1 saturated carbocycles. The lowest BCUT2D eigenvalue weighted by Crippen LogP contribution is -2.26. The number of anilines is 1. The van der Waals surface area contributed by atoms with Crippen LogP contribution in [0.1, 0.15) is 48.7 Å². The van der Waals surface area contributed by atoms with E-state index in [9.17, 15) is 22.4 Å². The highest BCUT2D eigenvalue weighted by Gasteiger charge is 2.39. The number of amides is 1. The summed E-state index contributed by atoms with van der Waals surface area (Å²) < 4.78 is 55.6. The van der Waals surface area contributed by atoms with E-state index in [0.717, 1.165) is 23.6 Å². The monoisotopic (exact) mass is 455 g/mol. The number of hydrogen-bond acceptors (Lipinski definition) is 3. The second-order valence-electron chi connectivity index (χ2n) is 7.45. The largest absolute Gasteiger partial charge is 0.435 e. The Morgan fingerprint density at radius 3 is 2.65 bits per heavy atom. The fourth-order valence-electron chi connectivity index (χ4n) is 3.24. The van der Waals surface area contributed by atoms with Gasteiger partial charge in [-0.2, -0.15) is 23.4 Å². The zero-order chi connectivity index (χ0) is 22.3. The van der Waals surface area contributed by atoms with Gasteiger partial charge in [0, 0.05) is 23.4 Å². The molecule has 2 heterocycles. The van der Waals surface area contributed by atoms with Crippen LogP contribution < -0.4 is 5.32 Å². The van der Waals surface area contributed by atoms with Crippen molar-refractivity contribution in [3.63, 3.8) is 0 Å². The van der Waals surface area contributed by atoms with Gasteiger partial charge in [-0.25, -0.2) is 4.39 Å². The quantitative estimate of drug-likeness (QED) is 0.531. The third-order valence-electron chi connectivity index (χ3n) is 5.05. The van der Waals surface area contributed by atoms with Crippen molar-refractivity contribution in [1.82, 2.24) is 19.6 Å². The molecular formula is C20H18ClF4N5O. The Labute approximate surface area is 179 Å². The standard InChI is InChI=1S/C20H18ClF4N5O/c1-11(30-16(12-6-7-12)8-17(27-30)20(23,24)25)19(31)26-18-14(21)10-29(28-18)9-13-4-2-3-5-15(13)22/h2-5,8,10-12H,6-7,9H2,1H3,(H,26,28,31). The molecule has 1 unspecified atom stereocenters. The summed E-state index contributed by atoms with van der Waals surface area (Å²) in [5.41, 5.74) is -0.259. The highest BCUT2D eigenvalue weighted by Crippen LogP contribution is 2.43. The number of nitrogens with zero attached hydrogens (tertiary/aromatic N) is 4. The Balaban J connectivity index is 1.52. The number of carbonyl (C=O) groups excluding carboxylic acids is 1. The lowest BCUT2D eigenvalue weighted by Gasteiger charge is -2.15. The Morgan fingerprint density at radius 1 is 1.29 bits per heavy atom. The van der Waals surface area contributed by atoms with Gasteiger partial charge < -0.3 is 5.32 Å². The molecule has 0 saturated heterocycles. The number of aromatic nitrogens is 4. The first-order valence-electron chi connectivity index (χ1n) is 9.57. The third kappa shape index (κ3) is 4.58. The number of halogens is 5. The van der Waals surface area contributed by atoms with Gasteiger partial charge in [0.25, 0.3) is 0 Å². The molecule has 1 atom stereocenters. The predicted octanol–water partition coefficient (Wildman–Crippen LogP) is 5.02. The van der Waals surface area contributed by atoms with Crippen molar-refractivity contribution in [3.05, 3.63) is 64.3 Å². The average Bonchev–Trinajstić information content (AvgIpc) is 3.35. The summed E-state index contributed by atoms with van der Waals surface area (Å²) >= 11 is 6.14. The van der Waals surface area contributed by atoms with Crippen LogP contribution in [0.2, 0.25) is 5.02 Å². The SMILES string of the molecule is CC(C(=O)Nc1nn(Cc2ccccc2F)cc1Cl)n1nc(C(F)(F)F)cc1C1CC1. The van der Waals surface area contributed by atoms with E-state index in [1.54, 1.807) is 18.2 Å². The zero-order valence-electron chi connectivity index (χ0n) is 16.3. The van der Waals surface area contributed by atoms with Crippen LogP contribution in [0.15, 0.2) is 36.5 Å². The van der Waals surface area contributed by atoms with Gasteiger partial charge in [-0.05, 0) is 31.9 Å². The molecule has 0 aliphatic heterocycles. The Hall–Kier alpha value is -2.88. The number of alkyl halides is 3. The maximum Gasteiger partial charge on any atom is 0.435 e. The number of benzene rings is 1. The molecule has 1 fully saturated rings. The molecule has 3 aromatic rings. The van der Waals surface area contributed by atoms with Gasteiger partial charge in [0.05, 0.1) is 6.54 Å².